The van der Waals surface area contributed by atoms with Crippen LogP contribution in [0.2, 0.25) is 0 Å². The monoisotopic (exact) mass is 311 g/mol. The third-order valence-corrected chi connectivity index (χ3v) is 3.27. The molecule has 0 saturated carbocycles. The zero-order chi connectivity index (χ0) is 16.1. The number of carbonyl (C=O) groups excluding carboxylic acids is 1. The molecule has 3 aromatic rings. The molecule has 0 aliphatic heterocycles. The van der Waals surface area contributed by atoms with Gasteiger partial charge in [-0.15, -0.1) is 15.3 Å². The average molecular weight is 311 g/mol. The molecular weight excluding hydrogens is 294 g/mol. The van der Waals surface area contributed by atoms with Crippen molar-refractivity contribution in [2.45, 2.75) is 13.3 Å². The quantitative estimate of drug-likeness (QED) is 0.701. The van der Waals surface area contributed by atoms with Crippen molar-refractivity contribution in [2.75, 3.05) is 13.2 Å². The second-order valence-corrected chi connectivity index (χ2v) is 4.88. The summed E-state index contributed by atoms with van der Waals surface area (Å²) in [6.07, 6.45) is 0.464. The van der Waals surface area contributed by atoms with Crippen LogP contribution >= 0.6 is 0 Å². The van der Waals surface area contributed by atoms with Gasteiger partial charge in [0.1, 0.15) is 6.61 Å². The summed E-state index contributed by atoms with van der Waals surface area (Å²) in [6.45, 7) is 2.61. The van der Waals surface area contributed by atoms with Crippen molar-refractivity contribution >= 4 is 11.6 Å². The Kier molecular flexibility index (Phi) is 4.46. The number of fused-ring (bicyclic) bond motifs is 1. The zero-order valence-corrected chi connectivity index (χ0v) is 12.8. The summed E-state index contributed by atoms with van der Waals surface area (Å²) in [6, 6.07) is 13.3. The Morgan fingerprint density at radius 2 is 2.00 bits per heavy atom. The maximum Gasteiger partial charge on any atom is 0.231 e. The first kappa shape index (κ1) is 15.0. The molecule has 0 saturated heterocycles. The number of hydrogen-bond donors (Lipinski definition) is 1. The van der Waals surface area contributed by atoms with Gasteiger partial charge in [-0.2, -0.15) is 4.52 Å². The summed E-state index contributed by atoms with van der Waals surface area (Å²) in [5, 5.41) is 15.4. The van der Waals surface area contributed by atoms with Gasteiger partial charge in [0.05, 0.1) is 6.54 Å². The van der Waals surface area contributed by atoms with Gasteiger partial charge in [-0.25, -0.2) is 0 Å². The van der Waals surface area contributed by atoms with Crippen LogP contribution in [0.5, 0.6) is 5.88 Å². The topological polar surface area (TPSA) is 81.4 Å². The lowest BCUT2D eigenvalue weighted by Gasteiger charge is -2.07. The molecule has 2 aromatic heterocycles. The fourth-order valence-electron chi connectivity index (χ4n) is 2.09. The number of amides is 1. The molecular formula is C16H17N5O2. The van der Waals surface area contributed by atoms with Crippen molar-refractivity contribution < 1.29 is 9.53 Å². The molecule has 1 N–H and O–H groups in total. The molecule has 0 atom stereocenters. The molecule has 0 bridgehead atoms. The average Bonchev–Trinajstić information content (AvgIpc) is 3.02. The molecule has 2 heterocycles. The minimum Gasteiger partial charge on any atom is -0.475 e. The van der Waals surface area contributed by atoms with Crippen molar-refractivity contribution in [3.8, 4) is 17.3 Å². The Balaban J connectivity index is 1.75. The highest BCUT2D eigenvalue weighted by atomic mass is 16.5. The van der Waals surface area contributed by atoms with Gasteiger partial charge in [0.2, 0.25) is 11.8 Å². The maximum atomic E-state index is 11.2. The number of carbonyl (C=O) groups is 1. The molecule has 0 unspecified atom stereocenters. The number of rotatable bonds is 6. The van der Waals surface area contributed by atoms with E-state index >= 15 is 0 Å². The minimum atomic E-state index is 0.00202. The van der Waals surface area contributed by atoms with Crippen LogP contribution < -0.4 is 10.1 Å². The van der Waals surface area contributed by atoms with E-state index in [1.54, 1.807) is 16.6 Å². The summed E-state index contributed by atoms with van der Waals surface area (Å²) in [7, 11) is 0. The molecule has 0 radical (unpaired) electrons. The third kappa shape index (κ3) is 3.45. The van der Waals surface area contributed by atoms with E-state index < -0.39 is 0 Å². The van der Waals surface area contributed by atoms with Gasteiger partial charge in [-0.3, -0.25) is 4.79 Å². The van der Waals surface area contributed by atoms with E-state index in [4.69, 9.17) is 4.74 Å². The van der Waals surface area contributed by atoms with Crippen LogP contribution in [0.4, 0.5) is 0 Å². The summed E-state index contributed by atoms with van der Waals surface area (Å²) >= 11 is 0. The highest BCUT2D eigenvalue weighted by molar-refractivity contribution is 5.75. The van der Waals surface area contributed by atoms with Gasteiger partial charge >= 0.3 is 0 Å². The first-order valence-corrected chi connectivity index (χ1v) is 7.45. The molecule has 1 amide bonds. The number of benzene rings is 1. The Labute approximate surface area is 133 Å². The first-order valence-electron chi connectivity index (χ1n) is 7.45. The standard InChI is InChI=1S/C16H17N5O2/c1-2-14(22)17-10-11-23-15-9-8-13-18-19-16(21(13)20-15)12-6-4-3-5-7-12/h3-9H,2,10-11H2,1H3,(H,17,22). The normalized spacial score (nSPS) is 10.7. The van der Waals surface area contributed by atoms with Crippen LogP contribution in [-0.4, -0.2) is 38.9 Å². The van der Waals surface area contributed by atoms with Crippen LogP contribution in [0.15, 0.2) is 42.5 Å². The van der Waals surface area contributed by atoms with Gasteiger partial charge in [0.25, 0.3) is 0 Å². The molecule has 1 aromatic carbocycles. The van der Waals surface area contributed by atoms with Crippen LogP contribution in [0.25, 0.3) is 17.0 Å². The van der Waals surface area contributed by atoms with Crippen LogP contribution in [0, 0.1) is 0 Å². The van der Waals surface area contributed by atoms with E-state index in [1.165, 1.54) is 0 Å². The molecule has 3 rings (SSSR count). The second kappa shape index (κ2) is 6.87. The summed E-state index contributed by atoms with van der Waals surface area (Å²) in [4.78, 5) is 11.2. The second-order valence-electron chi connectivity index (χ2n) is 4.88. The number of ether oxygens (including phenoxy) is 1. The van der Waals surface area contributed by atoms with E-state index in [1.807, 2.05) is 37.3 Å². The van der Waals surface area contributed by atoms with E-state index in [0.29, 0.717) is 36.9 Å². The number of nitrogens with zero attached hydrogens (tertiary/aromatic N) is 4. The Bertz CT molecular complexity index is 801. The predicted octanol–water partition coefficient (Wildman–Crippen LogP) is 1.70. The molecule has 0 aliphatic carbocycles. The number of hydrogen-bond acceptors (Lipinski definition) is 5. The van der Waals surface area contributed by atoms with Gasteiger partial charge in [0.15, 0.2) is 11.5 Å². The SMILES string of the molecule is CCC(=O)NCCOc1ccc2nnc(-c3ccccc3)n2n1. The summed E-state index contributed by atoms with van der Waals surface area (Å²) < 4.78 is 7.22. The Morgan fingerprint density at radius 3 is 2.78 bits per heavy atom. The van der Waals surface area contributed by atoms with Crippen molar-refractivity contribution in [1.82, 2.24) is 25.1 Å². The predicted molar refractivity (Wildman–Crippen MR) is 85.0 cm³/mol. The molecule has 7 heteroatoms. The fourth-order valence-corrected chi connectivity index (χ4v) is 2.09. The minimum absolute atomic E-state index is 0.00202. The lowest BCUT2D eigenvalue weighted by atomic mass is 10.2. The smallest absolute Gasteiger partial charge is 0.231 e. The Hall–Kier alpha value is -2.96. The largest absolute Gasteiger partial charge is 0.475 e. The van der Waals surface area contributed by atoms with Gasteiger partial charge < -0.3 is 10.1 Å². The molecule has 118 valence electrons. The van der Waals surface area contributed by atoms with Crippen LogP contribution in [0.1, 0.15) is 13.3 Å². The third-order valence-electron chi connectivity index (χ3n) is 3.27. The van der Waals surface area contributed by atoms with Crippen molar-refractivity contribution in [3.63, 3.8) is 0 Å². The van der Waals surface area contributed by atoms with Crippen molar-refractivity contribution in [3.05, 3.63) is 42.5 Å². The van der Waals surface area contributed by atoms with Crippen LogP contribution in [0.3, 0.4) is 0 Å². The fraction of sp³-hybridized carbons (Fsp3) is 0.250. The molecule has 7 nitrogen and oxygen atoms in total. The van der Waals surface area contributed by atoms with Gasteiger partial charge in [-0.05, 0) is 6.07 Å². The zero-order valence-electron chi connectivity index (χ0n) is 12.8. The molecule has 23 heavy (non-hydrogen) atoms. The summed E-state index contributed by atoms with van der Waals surface area (Å²) in [5.74, 6) is 1.12. The van der Waals surface area contributed by atoms with E-state index in [-0.39, 0.29) is 5.91 Å². The summed E-state index contributed by atoms with van der Waals surface area (Å²) in [5.41, 5.74) is 1.58. The molecule has 0 aliphatic rings. The van der Waals surface area contributed by atoms with Crippen molar-refractivity contribution in [2.24, 2.45) is 0 Å². The number of aromatic nitrogens is 4. The van der Waals surface area contributed by atoms with E-state index in [9.17, 15) is 4.79 Å². The lowest BCUT2D eigenvalue weighted by molar-refractivity contribution is -0.120. The highest BCUT2D eigenvalue weighted by Crippen LogP contribution is 2.18. The van der Waals surface area contributed by atoms with Gasteiger partial charge in [0, 0.05) is 18.1 Å². The maximum absolute atomic E-state index is 11.2. The lowest BCUT2D eigenvalue weighted by Crippen LogP contribution is -2.27. The first-order chi connectivity index (χ1) is 11.3. The highest BCUT2D eigenvalue weighted by Gasteiger charge is 2.10. The number of nitrogens with one attached hydrogen (secondary N) is 1. The molecule has 0 fully saturated rings. The molecule has 0 spiro atoms. The Morgan fingerprint density at radius 1 is 1.17 bits per heavy atom. The van der Waals surface area contributed by atoms with E-state index in [0.717, 1.165) is 5.56 Å². The van der Waals surface area contributed by atoms with Crippen molar-refractivity contribution in [1.29, 1.82) is 0 Å². The van der Waals surface area contributed by atoms with Gasteiger partial charge in [-0.1, -0.05) is 37.3 Å². The van der Waals surface area contributed by atoms with E-state index in [2.05, 4.69) is 20.6 Å². The van der Waals surface area contributed by atoms with Crippen LogP contribution in [-0.2, 0) is 4.79 Å².